The van der Waals surface area contributed by atoms with Crippen LogP contribution in [0.3, 0.4) is 0 Å². The van der Waals surface area contributed by atoms with Crippen LogP contribution in [0.15, 0.2) is 11.6 Å². The van der Waals surface area contributed by atoms with Crippen molar-refractivity contribution in [3.63, 3.8) is 0 Å². The van der Waals surface area contributed by atoms with E-state index < -0.39 is 18.2 Å². The van der Waals surface area contributed by atoms with Crippen molar-refractivity contribution in [2.24, 2.45) is 0 Å². The van der Waals surface area contributed by atoms with Crippen LogP contribution in [0.1, 0.15) is 19.4 Å². The van der Waals surface area contributed by atoms with Crippen LogP contribution in [0.4, 0.5) is 14.5 Å². The number of hydrogen-bond acceptors (Lipinski definition) is 6. The van der Waals surface area contributed by atoms with E-state index in [2.05, 4.69) is 10.2 Å². The second-order valence-electron chi connectivity index (χ2n) is 5.62. The van der Waals surface area contributed by atoms with Crippen LogP contribution >= 0.6 is 11.3 Å². The summed E-state index contributed by atoms with van der Waals surface area (Å²) >= 11 is 1.12. The molecule has 124 valence electrons. The summed E-state index contributed by atoms with van der Waals surface area (Å²) in [6.45, 7) is 4.24. The Balaban J connectivity index is 2.09. The fraction of sp³-hybridized carbons (Fsp3) is 0.467. The summed E-state index contributed by atoms with van der Waals surface area (Å²) in [5.74, 6) is -1.94. The van der Waals surface area contributed by atoms with Gasteiger partial charge in [-0.15, -0.1) is 10.2 Å². The number of aliphatic hydroxyl groups is 1. The molecule has 2 heterocycles. The molecule has 8 heteroatoms. The molecular weight excluding hydrogens is 324 g/mol. The molecule has 1 N–H and O–H groups in total. The van der Waals surface area contributed by atoms with Gasteiger partial charge in [-0.2, -0.15) is 0 Å². The molecule has 1 fully saturated rings. The van der Waals surface area contributed by atoms with Gasteiger partial charge in [-0.05, 0) is 19.9 Å². The summed E-state index contributed by atoms with van der Waals surface area (Å²) in [7, 11) is 0. The lowest BCUT2D eigenvalue weighted by molar-refractivity contribution is -0.00553. The van der Waals surface area contributed by atoms with Crippen LogP contribution in [-0.2, 0) is 11.3 Å². The molecule has 1 aromatic heterocycles. The molecule has 0 amide bonds. The van der Waals surface area contributed by atoms with Gasteiger partial charge in [-0.1, -0.05) is 11.3 Å². The van der Waals surface area contributed by atoms with Gasteiger partial charge in [-0.25, -0.2) is 8.78 Å². The molecule has 23 heavy (non-hydrogen) atoms. The summed E-state index contributed by atoms with van der Waals surface area (Å²) in [5.41, 5.74) is 1.90. The van der Waals surface area contributed by atoms with Crippen LogP contribution in [0.5, 0.6) is 0 Å². The Hall–Kier alpha value is -1.64. The lowest BCUT2D eigenvalue weighted by Gasteiger charge is -2.38. The van der Waals surface area contributed by atoms with Crippen molar-refractivity contribution in [3.05, 3.63) is 28.8 Å². The Morgan fingerprint density at radius 1 is 1.30 bits per heavy atom. The topological polar surface area (TPSA) is 58.5 Å². The molecule has 1 saturated heterocycles. The molecule has 0 aliphatic carbocycles. The highest BCUT2D eigenvalue weighted by molar-refractivity contribution is 7.12. The molecule has 0 spiro atoms. The predicted molar refractivity (Wildman–Crippen MR) is 83.4 cm³/mol. The fourth-order valence-corrected chi connectivity index (χ4v) is 3.50. The van der Waals surface area contributed by atoms with E-state index in [1.54, 1.807) is 4.90 Å². The molecule has 0 radical (unpaired) electrons. The summed E-state index contributed by atoms with van der Waals surface area (Å²) < 4.78 is 34.9. The normalized spacial score (nSPS) is 21.7. The maximum absolute atomic E-state index is 14.7. The average molecular weight is 341 g/mol. The van der Waals surface area contributed by atoms with Crippen LogP contribution < -0.4 is 4.90 Å². The molecule has 0 saturated carbocycles. The van der Waals surface area contributed by atoms with E-state index in [9.17, 15) is 13.9 Å². The lowest BCUT2D eigenvalue weighted by Crippen LogP contribution is -2.46. The number of ether oxygens (including phenoxy) is 1. The van der Waals surface area contributed by atoms with Gasteiger partial charge >= 0.3 is 0 Å². The Morgan fingerprint density at radius 3 is 2.57 bits per heavy atom. The van der Waals surface area contributed by atoms with E-state index in [1.165, 1.54) is 11.6 Å². The van der Waals surface area contributed by atoms with E-state index >= 15 is 0 Å². The van der Waals surface area contributed by atoms with Crippen molar-refractivity contribution in [1.29, 1.82) is 0 Å². The van der Waals surface area contributed by atoms with Crippen LogP contribution in [0, 0.1) is 11.6 Å². The molecular formula is C15H17F2N3O2S. The standard InChI is InChI=1S/C15H17F2N3O2S/c1-8-4-20(5-9(2)22-8)14-10(6-21)3-11(12(16)13(14)17)15-19-18-7-23-15/h3,7-9,21H,4-6H2,1-2H3. The second kappa shape index (κ2) is 6.46. The van der Waals surface area contributed by atoms with Gasteiger partial charge in [0.1, 0.15) is 5.51 Å². The Morgan fingerprint density at radius 2 is 2.00 bits per heavy atom. The smallest absolute Gasteiger partial charge is 0.183 e. The molecule has 3 rings (SSSR count). The average Bonchev–Trinajstić information content (AvgIpc) is 3.02. The summed E-state index contributed by atoms with van der Waals surface area (Å²) in [5, 5.41) is 17.3. The molecule has 2 unspecified atom stereocenters. The third kappa shape index (κ3) is 3.06. The number of nitrogens with zero attached hydrogens (tertiary/aromatic N) is 3. The Bertz CT molecular complexity index is 687. The van der Waals surface area contributed by atoms with Crippen molar-refractivity contribution in [3.8, 4) is 10.6 Å². The SMILES string of the molecule is CC1CN(c2c(CO)cc(-c3nncs3)c(F)c2F)CC(C)O1. The van der Waals surface area contributed by atoms with Crippen molar-refractivity contribution in [1.82, 2.24) is 10.2 Å². The highest BCUT2D eigenvalue weighted by Gasteiger charge is 2.29. The number of aliphatic hydroxyl groups excluding tert-OH is 1. The number of aromatic nitrogens is 2. The summed E-state index contributed by atoms with van der Waals surface area (Å²) in [6, 6.07) is 1.44. The fourth-order valence-electron chi connectivity index (χ4n) is 2.94. The molecule has 1 aliphatic heterocycles. The minimum Gasteiger partial charge on any atom is -0.392 e. The summed E-state index contributed by atoms with van der Waals surface area (Å²) in [4.78, 5) is 1.73. The largest absolute Gasteiger partial charge is 0.392 e. The third-order valence-electron chi connectivity index (χ3n) is 3.76. The van der Waals surface area contributed by atoms with Crippen LogP contribution in [0.2, 0.25) is 0 Å². The zero-order valence-electron chi connectivity index (χ0n) is 12.8. The minimum atomic E-state index is -0.972. The summed E-state index contributed by atoms with van der Waals surface area (Å²) in [6.07, 6.45) is -0.203. The minimum absolute atomic E-state index is 0.0205. The van der Waals surface area contributed by atoms with E-state index in [1.807, 2.05) is 13.8 Å². The maximum Gasteiger partial charge on any atom is 0.183 e. The van der Waals surface area contributed by atoms with Crippen molar-refractivity contribution in [2.45, 2.75) is 32.7 Å². The van der Waals surface area contributed by atoms with Crippen molar-refractivity contribution in [2.75, 3.05) is 18.0 Å². The number of hydrogen-bond donors (Lipinski definition) is 1. The number of benzene rings is 1. The van der Waals surface area contributed by atoms with Gasteiger partial charge in [0.15, 0.2) is 16.6 Å². The highest BCUT2D eigenvalue weighted by Crippen LogP contribution is 2.35. The number of anilines is 1. The van der Waals surface area contributed by atoms with Crippen LogP contribution in [-0.4, -0.2) is 40.6 Å². The van der Waals surface area contributed by atoms with Gasteiger partial charge < -0.3 is 14.7 Å². The first-order chi connectivity index (χ1) is 11.0. The Kier molecular flexibility index (Phi) is 4.56. The number of rotatable bonds is 3. The molecule has 2 aromatic rings. The first-order valence-corrected chi connectivity index (χ1v) is 8.18. The molecule has 0 bridgehead atoms. The zero-order valence-corrected chi connectivity index (χ0v) is 13.6. The van der Waals surface area contributed by atoms with Gasteiger partial charge in [0.2, 0.25) is 0 Å². The van der Waals surface area contributed by atoms with E-state index in [0.717, 1.165) is 11.3 Å². The van der Waals surface area contributed by atoms with E-state index in [-0.39, 0.29) is 28.5 Å². The first kappa shape index (κ1) is 16.2. The second-order valence-corrected chi connectivity index (χ2v) is 6.46. The third-order valence-corrected chi connectivity index (χ3v) is 4.48. The van der Waals surface area contributed by atoms with Gasteiger partial charge in [0.25, 0.3) is 0 Å². The maximum atomic E-state index is 14.7. The predicted octanol–water partition coefficient (Wildman–Crippen LogP) is 2.59. The number of halogens is 2. The van der Waals surface area contributed by atoms with E-state index in [4.69, 9.17) is 4.74 Å². The monoisotopic (exact) mass is 341 g/mol. The molecule has 1 aliphatic rings. The van der Waals surface area contributed by atoms with Gasteiger partial charge in [0.05, 0.1) is 30.1 Å². The molecule has 1 aromatic carbocycles. The Labute approximate surface area is 136 Å². The van der Waals surface area contributed by atoms with Crippen molar-refractivity contribution >= 4 is 17.0 Å². The van der Waals surface area contributed by atoms with Crippen LogP contribution in [0.25, 0.3) is 10.6 Å². The lowest BCUT2D eigenvalue weighted by atomic mass is 10.0. The zero-order chi connectivity index (χ0) is 16.6. The molecule has 5 nitrogen and oxygen atoms in total. The quantitative estimate of drug-likeness (QED) is 0.930. The molecule has 2 atom stereocenters. The van der Waals surface area contributed by atoms with Gasteiger partial charge in [-0.3, -0.25) is 0 Å². The van der Waals surface area contributed by atoms with Crippen molar-refractivity contribution < 1.29 is 18.6 Å². The highest BCUT2D eigenvalue weighted by atomic mass is 32.1. The number of morpholine rings is 1. The van der Waals surface area contributed by atoms with Gasteiger partial charge in [0, 0.05) is 18.7 Å². The van der Waals surface area contributed by atoms with E-state index in [0.29, 0.717) is 18.7 Å². The first-order valence-electron chi connectivity index (χ1n) is 7.30.